The van der Waals surface area contributed by atoms with Gasteiger partial charge in [0, 0.05) is 10.3 Å². The van der Waals surface area contributed by atoms with E-state index in [-0.39, 0.29) is 11.3 Å². The van der Waals surface area contributed by atoms with Crippen LogP contribution in [0.1, 0.15) is 43.5 Å². The van der Waals surface area contributed by atoms with Crippen LogP contribution in [0.15, 0.2) is 40.6 Å². The third-order valence-electron chi connectivity index (χ3n) is 4.07. The second-order valence-corrected chi connectivity index (χ2v) is 7.65. The molecule has 0 spiro atoms. The molecule has 1 aliphatic rings. The number of rotatable bonds is 2. The van der Waals surface area contributed by atoms with Crippen molar-refractivity contribution >= 4 is 11.8 Å². The molecule has 0 saturated carbocycles. The molecule has 1 aliphatic heterocycles. The van der Waals surface area contributed by atoms with E-state index in [1.165, 1.54) is 4.90 Å². The number of H-pyrrole nitrogens is 1. The molecule has 0 saturated heterocycles. The van der Waals surface area contributed by atoms with E-state index < -0.39 is 0 Å². The average molecular weight is 340 g/mol. The molecule has 0 amide bonds. The predicted octanol–water partition coefficient (Wildman–Crippen LogP) is 3.74. The molecule has 124 valence electrons. The Bertz CT molecular complexity index is 837. The molecule has 1 aromatic heterocycles. The Balaban J connectivity index is 2.21. The lowest BCUT2D eigenvalue weighted by Crippen LogP contribution is -2.28. The van der Waals surface area contributed by atoms with E-state index in [1.54, 1.807) is 11.8 Å². The third kappa shape index (κ3) is 2.65. The number of hydrogen-bond acceptors (Lipinski definition) is 5. The second-order valence-electron chi connectivity index (χ2n) is 6.77. The molecule has 3 rings (SSSR count). The van der Waals surface area contributed by atoms with Crippen LogP contribution in [-0.2, 0) is 0 Å². The molecule has 5 nitrogen and oxygen atoms in total. The zero-order chi connectivity index (χ0) is 17.5. The minimum Gasteiger partial charge on any atom is -0.439 e. The van der Waals surface area contributed by atoms with Crippen molar-refractivity contribution < 1.29 is 4.74 Å². The van der Waals surface area contributed by atoms with Gasteiger partial charge in [-0.1, -0.05) is 32.9 Å². The normalized spacial score (nSPS) is 17.2. The molecule has 24 heavy (non-hydrogen) atoms. The maximum atomic E-state index is 9.40. The molecule has 3 N–H and O–H groups in total. The fourth-order valence-electron chi connectivity index (χ4n) is 2.94. The molecule has 0 aliphatic carbocycles. The van der Waals surface area contributed by atoms with Gasteiger partial charge in [-0.25, -0.2) is 0 Å². The minimum absolute atomic E-state index is 0.243. The summed E-state index contributed by atoms with van der Waals surface area (Å²) in [6.45, 7) is 6.14. The number of nitrogens with one attached hydrogen (secondary N) is 1. The Morgan fingerprint density at radius 1 is 1.29 bits per heavy atom. The number of benzene rings is 1. The highest BCUT2D eigenvalue weighted by Gasteiger charge is 2.38. The van der Waals surface area contributed by atoms with E-state index in [0.29, 0.717) is 28.6 Å². The van der Waals surface area contributed by atoms with Crippen LogP contribution < -0.4 is 10.5 Å². The molecule has 0 radical (unpaired) electrons. The number of nitrogens with two attached hydrogens (primary N) is 1. The van der Waals surface area contributed by atoms with Gasteiger partial charge in [-0.05, 0) is 24.0 Å². The van der Waals surface area contributed by atoms with Crippen molar-refractivity contribution in [3.8, 4) is 11.9 Å². The summed E-state index contributed by atoms with van der Waals surface area (Å²) in [6.07, 6.45) is 2.04. The largest absolute Gasteiger partial charge is 0.439 e. The molecular weight excluding hydrogens is 320 g/mol. The standard InChI is InChI=1S/C18H20N4OS/c1-18(2,3)16-15(20)13(10-5-7-11(24-4)8-6-10)14-12(9-19)21-22-17(14)23-16/h5-8,13H,20H2,1-4H3,(H,21,22). The van der Waals surface area contributed by atoms with Gasteiger partial charge in [0.25, 0.3) is 0 Å². The minimum atomic E-state index is -0.259. The first-order valence-corrected chi connectivity index (χ1v) is 8.89. The highest BCUT2D eigenvalue weighted by molar-refractivity contribution is 7.98. The van der Waals surface area contributed by atoms with Crippen LogP contribution >= 0.6 is 11.8 Å². The average Bonchev–Trinajstić information content (AvgIpc) is 2.96. The van der Waals surface area contributed by atoms with Crippen LogP contribution in [0.3, 0.4) is 0 Å². The number of hydrogen-bond donors (Lipinski definition) is 2. The van der Waals surface area contributed by atoms with Crippen molar-refractivity contribution in [1.29, 1.82) is 5.26 Å². The first-order valence-electron chi connectivity index (χ1n) is 7.67. The second kappa shape index (κ2) is 5.91. The van der Waals surface area contributed by atoms with E-state index >= 15 is 0 Å². The topological polar surface area (TPSA) is 87.7 Å². The van der Waals surface area contributed by atoms with Gasteiger partial charge in [0.1, 0.15) is 17.5 Å². The van der Waals surface area contributed by atoms with E-state index in [4.69, 9.17) is 10.5 Å². The zero-order valence-corrected chi connectivity index (χ0v) is 15.0. The monoisotopic (exact) mass is 340 g/mol. The zero-order valence-electron chi connectivity index (χ0n) is 14.2. The fraction of sp³-hybridized carbons (Fsp3) is 0.333. The van der Waals surface area contributed by atoms with Crippen molar-refractivity contribution in [3.63, 3.8) is 0 Å². The number of nitriles is 1. The number of fused-ring (bicyclic) bond motifs is 1. The molecule has 2 aromatic rings. The third-order valence-corrected chi connectivity index (χ3v) is 4.82. The first-order chi connectivity index (χ1) is 11.4. The van der Waals surface area contributed by atoms with Crippen molar-refractivity contribution in [2.45, 2.75) is 31.6 Å². The molecule has 0 bridgehead atoms. The van der Waals surface area contributed by atoms with E-state index in [9.17, 15) is 5.26 Å². The highest BCUT2D eigenvalue weighted by atomic mass is 32.2. The Kier molecular flexibility index (Phi) is 4.06. The molecule has 1 atom stereocenters. The molecule has 0 fully saturated rings. The predicted molar refractivity (Wildman–Crippen MR) is 94.7 cm³/mol. The molecule has 1 unspecified atom stereocenters. The molecule has 1 aromatic carbocycles. The van der Waals surface area contributed by atoms with Crippen molar-refractivity contribution in [1.82, 2.24) is 10.2 Å². The Morgan fingerprint density at radius 3 is 2.50 bits per heavy atom. The van der Waals surface area contributed by atoms with Gasteiger partial charge in [-0.15, -0.1) is 16.9 Å². The van der Waals surface area contributed by atoms with Crippen LogP contribution in [-0.4, -0.2) is 16.5 Å². The summed E-state index contributed by atoms with van der Waals surface area (Å²) < 4.78 is 5.94. The van der Waals surface area contributed by atoms with E-state index in [1.807, 2.05) is 39.2 Å². The van der Waals surface area contributed by atoms with Gasteiger partial charge in [0.2, 0.25) is 5.88 Å². The van der Waals surface area contributed by atoms with Crippen LogP contribution in [0.2, 0.25) is 0 Å². The van der Waals surface area contributed by atoms with Gasteiger partial charge in [-0.2, -0.15) is 5.26 Å². The summed E-state index contributed by atoms with van der Waals surface area (Å²) in [5, 5.41) is 16.3. The van der Waals surface area contributed by atoms with Crippen molar-refractivity contribution in [2.75, 3.05) is 6.26 Å². The summed E-state index contributed by atoms with van der Waals surface area (Å²) in [6, 6.07) is 10.4. The van der Waals surface area contributed by atoms with Gasteiger partial charge in [-0.3, -0.25) is 5.10 Å². The molecule has 2 heterocycles. The fourth-order valence-corrected chi connectivity index (χ4v) is 3.34. The number of thioether (sulfide) groups is 1. The van der Waals surface area contributed by atoms with Crippen molar-refractivity contribution in [2.24, 2.45) is 11.1 Å². The Labute approximate surface area is 145 Å². The summed E-state index contributed by atoms with van der Waals surface area (Å²) >= 11 is 1.69. The first kappa shape index (κ1) is 16.5. The molecular formula is C18H20N4OS. The maximum absolute atomic E-state index is 9.40. The lowest BCUT2D eigenvalue weighted by molar-refractivity contribution is 0.266. The smallest absolute Gasteiger partial charge is 0.243 e. The van der Waals surface area contributed by atoms with Crippen LogP contribution in [0.5, 0.6) is 5.88 Å². The highest BCUT2D eigenvalue weighted by Crippen LogP contribution is 2.45. The van der Waals surface area contributed by atoms with Crippen LogP contribution in [0, 0.1) is 16.7 Å². The van der Waals surface area contributed by atoms with E-state index in [0.717, 1.165) is 5.56 Å². The summed E-state index contributed by atoms with van der Waals surface area (Å²) in [4.78, 5) is 1.18. The lowest BCUT2D eigenvalue weighted by atomic mass is 9.81. The van der Waals surface area contributed by atoms with Gasteiger partial charge >= 0.3 is 0 Å². The Hall–Kier alpha value is -2.39. The van der Waals surface area contributed by atoms with Crippen molar-refractivity contribution in [3.05, 3.63) is 52.5 Å². The molecule has 6 heteroatoms. The van der Waals surface area contributed by atoms with Crippen LogP contribution in [0.4, 0.5) is 0 Å². The summed E-state index contributed by atoms with van der Waals surface area (Å²) in [5.41, 5.74) is 9.00. The maximum Gasteiger partial charge on any atom is 0.243 e. The summed E-state index contributed by atoms with van der Waals surface area (Å²) in [5.74, 6) is 0.891. The van der Waals surface area contributed by atoms with Crippen LogP contribution in [0.25, 0.3) is 0 Å². The van der Waals surface area contributed by atoms with Gasteiger partial charge < -0.3 is 10.5 Å². The SMILES string of the molecule is CSc1ccc(C2C(N)=C(C(C)(C)C)Oc3n[nH]c(C#N)c32)cc1. The number of aromatic nitrogens is 2. The van der Waals surface area contributed by atoms with Gasteiger partial charge in [0.15, 0.2) is 0 Å². The lowest BCUT2D eigenvalue weighted by Gasteiger charge is -2.32. The van der Waals surface area contributed by atoms with E-state index in [2.05, 4.69) is 28.4 Å². The van der Waals surface area contributed by atoms with Gasteiger partial charge in [0.05, 0.1) is 17.2 Å². The number of allylic oxidation sites excluding steroid dienone is 2. The Morgan fingerprint density at radius 2 is 1.96 bits per heavy atom. The number of aromatic amines is 1. The number of ether oxygens (including phenoxy) is 1. The number of nitrogens with zero attached hydrogens (tertiary/aromatic N) is 2. The quantitative estimate of drug-likeness (QED) is 0.813. The summed E-state index contributed by atoms with van der Waals surface area (Å²) in [7, 11) is 0.